The van der Waals surface area contributed by atoms with Gasteiger partial charge in [0.15, 0.2) is 0 Å². The second-order valence-electron chi connectivity index (χ2n) is 10.6. The molecule has 4 aromatic rings. The van der Waals surface area contributed by atoms with E-state index in [9.17, 15) is 19.6 Å². The van der Waals surface area contributed by atoms with Crippen LogP contribution in [-0.4, -0.2) is 44.0 Å². The normalized spacial score (nSPS) is 16.1. The lowest BCUT2D eigenvalue weighted by Crippen LogP contribution is -2.63. The van der Waals surface area contributed by atoms with E-state index < -0.39 is 29.2 Å². The lowest BCUT2D eigenvalue weighted by atomic mass is 9.83. The number of carbonyl (C=O) groups is 3. The van der Waals surface area contributed by atoms with E-state index in [-0.39, 0.29) is 13.1 Å². The zero-order chi connectivity index (χ0) is 31.8. The summed E-state index contributed by atoms with van der Waals surface area (Å²) >= 11 is 10.0. The van der Waals surface area contributed by atoms with Gasteiger partial charge in [-0.15, -0.1) is 0 Å². The number of benzene rings is 4. The number of ether oxygens (including phenoxy) is 1. The summed E-state index contributed by atoms with van der Waals surface area (Å²) in [5.41, 5.74) is 6.60. The third-order valence-electron chi connectivity index (χ3n) is 8.27. The third-order valence-corrected chi connectivity index (χ3v) is 9.00. The van der Waals surface area contributed by atoms with Gasteiger partial charge in [0.1, 0.15) is 11.3 Å². The van der Waals surface area contributed by atoms with Gasteiger partial charge in [-0.3, -0.25) is 14.4 Å². The SMILES string of the molecule is CNC(C)(C(N)=O)[C@@H]1CN(C(=O)c2ccc(C#N)cc2)c2cc(Cl)ccc2N(Cc2c(OC)ccc3cc(Br)ccc23)C1=O. The number of amides is 3. The summed E-state index contributed by atoms with van der Waals surface area (Å²) in [4.78, 5) is 44.8. The molecule has 4 aromatic carbocycles. The maximum atomic E-state index is 14.7. The fraction of sp³-hybridized carbons (Fsp3) is 0.212. The molecule has 0 radical (unpaired) electrons. The van der Waals surface area contributed by atoms with Crippen molar-refractivity contribution >= 4 is 67.4 Å². The van der Waals surface area contributed by atoms with Crippen LogP contribution in [0.3, 0.4) is 0 Å². The molecule has 0 aromatic heterocycles. The molecule has 9 nitrogen and oxygen atoms in total. The highest BCUT2D eigenvalue weighted by atomic mass is 79.9. The van der Waals surface area contributed by atoms with Crippen LogP contribution >= 0.6 is 27.5 Å². The van der Waals surface area contributed by atoms with Gasteiger partial charge >= 0.3 is 0 Å². The van der Waals surface area contributed by atoms with Gasteiger partial charge in [-0.05, 0) is 85.4 Å². The summed E-state index contributed by atoms with van der Waals surface area (Å²) in [7, 11) is 3.11. The number of nitrogens with zero attached hydrogens (tertiary/aromatic N) is 3. The molecule has 3 amide bonds. The molecule has 0 aliphatic carbocycles. The molecular weight excluding hydrogens is 646 g/mol. The molecule has 11 heteroatoms. The van der Waals surface area contributed by atoms with E-state index in [4.69, 9.17) is 22.1 Å². The molecule has 44 heavy (non-hydrogen) atoms. The van der Waals surface area contributed by atoms with Crippen LogP contribution in [0.2, 0.25) is 5.02 Å². The van der Waals surface area contributed by atoms with Gasteiger partial charge in [0, 0.05) is 27.2 Å². The van der Waals surface area contributed by atoms with Crippen molar-refractivity contribution in [2.24, 2.45) is 11.7 Å². The van der Waals surface area contributed by atoms with Crippen LogP contribution in [0.1, 0.15) is 28.4 Å². The van der Waals surface area contributed by atoms with Gasteiger partial charge in [-0.2, -0.15) is 5.26 Å². The predicted octanol–water partition coefficient (Wildman–Crippen LogP) is 5.41. The number of nitriles is 1. The molecule has 3 N–H and O–H groups in total. The van der Waals surface area contributed by atoms with Crippen molar-refractivity contribution in [3.8, 4) is 11.8 Å². The molecule has 1 heterocycles. The molecule has 1 aliphatic heterocycles. The van der Waals surface area contributed by atoms with E-state index in [0.29, 0.717) is 33.3 Å². The summed E-state index contributed by atoms with van der Waals surface area (Å²) in [5.74, 6) is -2.14. The standard InChI is InChI=1S/C33H29BrClN5O4/c1-33(38-2,32(37)43)26-18-40(30(41)20-6-4-19(16-36)5-7-20)28-15-23(35)10-12-27(28)39(31(26)42)17-25-24-11-9-22(34)14-21(24)8-13-29(25)44-3/h4-15,26,38H,17-18H2,1-3H3,(H2,37,43)/t26-,33?/m1/s1. The highest BCUT2D eigenvalue weighted by Gasteiger charge is 2.49. The lowest BCUT2D eigenvalue weighted by Gasteiger charge is -2.36. The Morgan fingerprint density at radius 2 is 1.84 bits per heavy atom. The maximum Gasteiger partial charge on any atom is 0.258 e. The van der Waals surface area contributed by atoms with Gasteiger partial charge in [-0.1, -0.05) is 39.7 Å². The minimum atomic E-state index is -1.53. The fourth-order valence-electron chi connectivity index (χ4n) is 5.56. The van der Waals surface area contributed by atoms with Crippen molar-refractivity contribution in [3.05, 3.63) is 99.0 Å². The molecule has 0 spiro atoms. The summed E-state index contributed by atoms with van der Waals surface area (Å²) in [6.07, 6.45) is 0. The van der Waals surface area contributed by atoms with Gasteiger partial charge in [0.2, 0.25) is 11.8 Å². The van der Waals surface area contributed by atoms with Crippen molar-refractivity contribution in [2.45, 2.75) is 19.0 Å². The zero-order valence-electron chi connectivity index (χ0n) is 24.2. The van der Waals surface area contributed by atoms with Crippen LogP contribution in [0, 0.1) is 17.2 Å². The number of nitrogens with one attached hydrogen (secondary N) is 1. The lowest BCUT2D eigenvalue weighted by molar-refractivity contribution is -0.133. The smallest absolute Gasteiger partial charge is 0.258 e. The van der Waals surface area contributed by atoms with Crippen LogP contribution in [0.5, 0.6) is 5.75 Å². The largest absolute Gasteiger partial charge is 0.496 e. The van der Waals surface area contributed by atoms with Crippen LogP contribution in [-0.2, 0) is 16.1 Å². The van der Waals surface area contributed by atoms with Crippen molar-refractivity contribution < 1.29 is 19.1 Å². The topological polar surface area (TPSA) is 129 Å². The van der Waals surface area contributed by atoms with Gasteiger partial charge < -0.3 is 25.6 Å². The number of anilines is 2. The average Bonchev–Trinajstić information content (AvgIpc) is 3.14. The molecule has 0 saturated heterocycles. The van der Waals surface area contributed by atoms with Crippen molar-refractivity contribution in [1.29, 1.82) is 5.26 Å². The number of rotatable bonds is 7. The number of hydrogen-bond donors (Lipinski definition) is 2. The van der Waals surface area contributed by atoms with E-state index >= 15 is 0 Å². The first-order valence-corrected chi connectivity index (χ1v) is 14.9. The van der Waals surface area contributed by atoms with Gasteiger partial charge in [-0.25, -0.2) is 0 Å². The number of nitrogens with two attached hydrogens (primary N) is 1. The van der Waals surface area contributed by atoms with E-state index in [2.05, 4.69) is 21.2 Å². The van der Waals surface area contributed by atoms with Gasteiger partial charge in [0.25, 0.3) is 5.91 Å². The Morgan fingerprint density at radius 3 is 2.48 bits per heavy atom. The molecule has 5 rings (SSSR count). The van der Waals surface area contributed by atoms with E-state index in [1.54, 1.807) is 68.4 Å². The van der Waals surface area contributed by atoms with E-state index in [1.807, 2.05) is 36.4 Å². The number of halogens is 2. The summed E-state index contributed by atoms with van der Waals surface area (Å²) in [5, 5.41) is 14.4. The van der Waals surface area contributed by atoms with E-state index in [0.717, 1.165) is 20.8 Å². The summed E-state index contributed by atoms with van der Waals surface area (Å²) in [6.45, 7) is 1.43. The zero-order valence-corrected chi connectivity index (χ0v) is 26.6. The van der Waals surface area contributed by atoms with E-state index in [1.165, 1.54) is 4.90 Å². The minimum Gasteiger partial charge on any atom is -0.496 e. The highest BCUT2D eigenvalue weighted by Crippen LogP contribution is 2.42. The summed E-state index contributed by atoms with van der Waals surface area (Å²) in [6, 6.07) is 22.8. The highest BCUT2D eigenvalue weighted by molar-refractivity contribution is 9.10. The number of hydrogen-bond acceptors (Lipinski definition) is 6. The Hall–Kier alpha value is -4.43. The maximum absolute atomic E-state index is 14.7. The fourth-order valence-corrected chi connectivity index (χ4v) is 6.11. The second kappa shape index (κ2) is 12.3. The van der Waals surface area contributed by atoms with Crippen LogP contribution in [0.25, 0.3) is 10.8 Å². The second-order valence-corrected chi connectivity index (χ2v) is 12.0. The minimum absolute atomic E-state index is 0.0591. The molecule has 2 atom stereocenters. The summed E-state index contributed by atoms with van der Waals surface area (Å²) < 4.78 is 6.64. The molecule has 224 valence electrons. The van der Waals surface area contributed by atoms with Crippen molar-refractivity contribution in [3.63, 3.8) is 0 Å². The number of carbonyl (C=O) groups excluding carboxylic acids is 3. The van der Waals surface area contributed by atoms with Crippen molar-refractivity contribution in [1.82, 2.24) is 5.32 Å². The Balaban J connectivity index is 1.74. The van der Waals surface area contributed by atoms with Crippen LogP contribution < -0.4 is 25.6 Å². The first-order valence-electron chi connectivity index (χ1n) is 13.7. The Bertz CT molecular complexity index is 1840. The quantitative estimate of drug-likeness (QED) is 0.270. The molecule has 0 bridgehead atoms. The Morgan fingerprint density at radius 1 is 1.11 bits per heavy atom. The number of primary amides is 1. The Labute approximate surface area is 268 Å². The number of fused-ring (bicyclic) bond motifs is 2. The molecule has 1 aliphatic rings. The average molecular weight is 675 g/mol. The first kappa shape index (κ1) is 31.0. The Kier molecular flexibility index (Phi) is 8.66. The third kappa shape index (κ3) is 5.50. The predicted molar refractivity (Wildman–Crippen MR) is 174 cm³/mol. The van der Waals surface area contributed by atoms with Crippen LogP contribution in [0.15, 0.2) is 77.3 Å². The molecular formula is C33H29BrClN5O4. The molecule has 0 saturated carbocycles. The number of likely N-dealkylation sites (N-methyl/N-ethyl adjacent to an activating group) is 1. The number of methoxy groups -OCH3 is 1. The van der Waals surface area contributed by atoms with Crippen LogP contribution in [0.4, 0.5) is 11.4 Å². The molecule has 1 unspecified atom stereocenters. The van der Waals surface area contributed by atoms with Crippen molar-refractivity contribution in [2.75, 3.05) is 30.5 Å². The van der Waals surface area contributed by atoms with Gasteiger partial charge in [0.05, 0.1) is 42.6 Å². The monoisotopic (exact) mass is 673 g/mol. The molecule has 0 fully saturated rings. The first-order chi connectivity index (χ1) is 21.0.